The third-order valence-corrected chi connectivity index (χ3v) is 4.61. The number of amides is 1. The van der Waals surface area contributed by atoms with Crippen LogP contribution in [0.3, 0.4) is 0 Å². The van der Waals surface area contributed by atoms with Gasteiger partial charge in [0.1, 0.15) is 0 Å². The lowest BCUT2D eigenvalue weighted by Crippen LogP contribution is -2.25. The second-order valence-electron chi connectivity index (χ2n) is 5.30. The number of hydrogen-bond acceptors (Lipinski definition) is 5. The van der Waals surface area contributed by atoms with E-state index in [1.165, 1.54) is 7.11 Å². The maximum atomic E-state index is 12.2. The van der Waals surface area contributed by atoms with Crippen LogP contribution < -0.4 is 4.74 Å². The fourth-order valence-electron chi connectivity index (χ4n) is 2.66. The minimum absolute atomic E-state index is 0.00180. The molecule has 1 unspecified atom stereocenters. The van der Waals surface area contributed by atoms with Gasteiger partial charge in [0.25, 0.3) is 0 Å². The lowest BCUT2D eigenvalue weighted by atomic mass is 10.00. The molecule has 1 aliphatic heterocycles. The van der Waals surface area contributed by atoms with Gasteiger partial charge in [-0.15, -0.1) is 0 Å². The van der Waals surface area contributed by atoms with Crippen LogP contribution in [0.25, 0.3) is 0 Å². The Hall–Kier alpha value is -2.34. The number of carbonyl (C=O) groups excluding carboxylic acids is 1. The molecule has 0 saturated carbocycles. The van der Waals surface area contributed by atoms with E-state index in [1.807, 2.05) is 18.4 Å². The molecule has 6 heteroatoms. The van der Waals surface area contributed by atoms with Crippen LogP contribution in [0.5, 0.6) is 11.5 Å². The molecule has 1 aromatic carbocycles. The van der Waals surface area contributed by atoms with Gasteiger partial charge in [-0.3, -0.25) is 4.79 Å². The van der Waals surface area contributed by atoms with E-state index in [2.05, 4.69) is 10.5 Å². The predicted molar refractivity (Wildman–Crippen MR) is 90.0 cm³/mol. The number of rotatable bonds is 4. The van der Waals surface area contributed by atoms with Crippen molar-refractivity contribution in [1.29, 1.82) is 0 Å². The van der Waals surface area contributed by atoms with Crippen LogP contribution in [0.1, 0.15) is 36.9 Å². The van der Waals surface area contributed by atoms with Gasteiger partial charge < -0.3 is 9.84 Å². The van der Waals surface area contributed by atoms with E-state index in [0.717, 1.165) is 16.8 Å². The highest BCUT2D eigenvalue weighted by molar-refractivity contribution is 7.08. The Bertz CT molecular complexity index is 740. The number of phenolic OH excluding ortho intramolecular Hbond substituents is 1. The first-order valence-corrected chi connectivity index (χ1v) is 8.37. The van der Waals surface area contributed by atoms with Gasteiger partial charge in [-0.1, -0.05) is 6.92 Å². The Morgan fingerprint density at radius 2 is 2.30 bits per heavy atom. The molecule has 0 spiro atoms. The maximum Gasteiger partial charge on any atom is 0.242 e. The van der Waals surface area contributed by atoms with E-state index in [4.69, 9.17) is 4.74 Å². The Kier molecular flexibility index (Phi) is 4.34. The minimum Gasteiger partial charge on any atom is -0.504 e. The number of nitrogens with zero attached hydrogens (tertiary/aromatic N) is 2. The molecule has 3 rings (SSSR count). The lowest BCUT2D eigenvalue weighted by molar-refractivity contribution is -0.132. The Balaban J connectivity index is 1.95. The van der Waals surface area contributed by atoms with Crippen molar-refractivity contribution in [2.45, 2.75) is 25.8 Å². The number of hydrazone groups is 1. The summed E-state index contributed by atoms with van der Waals surface area (Å²) in [6.07, 6.45) is 1.06. The number of hydrogen-bond donors (Lipinski definition) is 1. The van der Waals surface area contributed by atoms with Crippen LogP contribution in [0.2, 0.25) is 0 Å². The van der Waals surface area contributed by atoms with Gasteiger partial charge in [0.15, 0.2) is 11.5 Å². The molecule has 1 N–H and O–H groups in total. The van der Waals surface area contributed by atoms with Crippen molar-refractivity contribution < 1.29 is 14.6 Å². The fraction of sp³-hybridized carbons (Fsp3) is 0.294. The largest absolute Gasteiger partial charge is 0.504 e. The van der Waals surface area contributed by atoms with Gasteiger partial charge in [-0.05, 0) is 40.6 Å². The van der Waals surface area contributed by atoms with Crippen LogP contribution in [0.4, 0.5) is 0 Å². The third-order valence-electron chi connectivity index (χ3n) is 3.91. The second-order valence-corrected chi connectivity index (χ2v) is 6.08. The van der Waals surface area contributed by atoms with Gasteiger partial charge in [0.2, 0.25) is 5.91 Å². The topological polar surface area (TPSA) is 62.1 Å². The molecule has 2 heterocycles. The highest BCUT2D eigenvalue weighted by atomic mass is 32.1. The molecular weight excluding hydrogens is 312 g/mol. The first kappa shape index (κ1) is 15.6. The first-order valence-electron chi connectivity index (χ1n) is 7.43. The predicted octanol–water partition coefficient (Wildman–Crippen LogP) is 3.55. The number of phenols is 1. The Morgan fingerprint density at radius 3 is 2.96 bits per heavy atom. The van der Waals surface area contributed by atoms with Crippen molar-refractivity contribution in [2.75, 3.05) is 7.11 Å². The average Bonchev–Trinajstić information content (AvgIpc) is 3.23. The van der Waals surface area contributed by atoms with E-state index in [9.17, 15) is 9.90 Å². The number of carbonyl (C=O) groups is 1. The summed E-state index contributed by atoms with van der Waals surface area (Å²) >= 11 is 1.61. The van der Waals surface area contributed by atoms with Gasteiger partial charge in [0.05, 0.1) is 18.9 Å². The first-order chi connectivity index (χ1) is 11.1. The smallest absolute Gasteiger partial charge is 0.242 e. The van der Waals surface area contributed by atoms with Gasteiger partial charge in [-0.2, -0.15) is 16.4 Å². The van der Waals surface area contributed by atoms with E-state index in [0.29, 0.717) is 18.6 Å². The number of thiophene rings is 1. The van der Waals surface area contributed by atoms with E-state index in [1.54, 1.807) is 34.5 Å². The third kappa shape index (κ3) is 2.94. The number of methoxy groups -OCH3 is 1. The molecule has 23 heavy (non-hydrogen) atoms. The summed E-state index contributed by atoms with van der Waals surface area (Å²) in [5, 5.41) is 19.9. The van der Waals surface area contributed by atoms with Crippen LogP contribution in [-0.2, 0) is 4.79 Å². The number of ether oxygens (including phenoxy) is 1. The molecule has 1 aromatic heterocycles. The van der Waals surface area contributed by atoms with Gasteiger partial charge >= 0.3 is 0 Å². The summed E-state index contributed by atoms with van der Waals surface area (Å²) in [7, 11) is 1.51. The van der Waals surface area contributed by atoms with Crippen molar-refractivity contribution in [1.82, 2.24) is 5.01 Å². The fourth-order valence-corrected chi connectivity index (χ4v) is 3.37. The molecule has 120 valence electrons. The van der Waals surface area contributed by atoms with Crippen molar-refractivity contribution in [3.8, 4) is 11.5 Å². The Labute approximate surface area is 138 Å². The number of benzene rings is 1. The zero-order valence-corrected chi connectivity index (χ0v) is 13.8. The molecule has 0 aliphatic carbocycles. The van der Waals surface area contributed by atoms with Crippen LogP contribution in [0, 0.1) is 0 Å². The number of aromatic hydroxyl groups is 1. The molecule has 1 amide bonds. The summed E-state index contributed by atoms with van der Waals surface area (Å²) < 4.78 is 5.16. The summed E-state index contributed by atoms with van der Waals surface area (Å²) in [5.41, 5.74) is 2.77. The monoisotopic (exact) mass is 330 g/mol. The summed E-state index contributed by atoms with van der Waals surface area (Å²) in [4.78, 5) is 12.2. The lowest BCUT2D eigenvalue weighted by Gasteiger charge is -2.20. The molecule has 0 bridgehead atoms. The zero-order valence-electron chi connectivity index (χ0n) is 13.0. The quantitative estimate of drug-likeness (QED) is 0.932. The van der Waals surface area contributed by atoms with Crippen LogP contribution in [-0.4, -0.2) is 28.8 Å². The normalized spacial score (nSPS) is 17.2. The van der Waals surface area contributed by atoms with E-state index in [-0.39, 0.29) is 17.7 Å². The van der Waals surface area contributed by atoms with Gasteiger partial charge in [0, 0.05) is 18.4 Å². The maximum absolute atomic E-state index is 12.2. The molecule has 0 saturated heterocycles. The molecular formula is C17H18N2O3S. The van der Waals surface area contributed by atoms with Crippen LogP contribution >= 0.6 is 11.3 Å². The summed E-state index contributed by atoms with van der Waals surface area (Å²) in [6.45, 7) is 1.84. The highest BCUT2D eigenvalue weighted by Crippen LogP contribution is 2.36. The van der Waals surface area contributed by atoms with Crippen molar-refractivity contribution in [3.05, 3.63) is 46.2 Å². The van der Waals surface area contributed by atoms with Crippen LogP contribution in [0.15, 0.2) is 40.1 Å². The molecule has 5 nitrogen and oxygen atoms in total. The Morgan fingerprint density at radius 1 is 1.48 bits per heavy atom. The average molecular weight is 330 g/mol. The second kappa shape index (κ2) is 6.42. The zero-order chi connectivity index (χ0) is 16.4. The molecule has 0 radical (unpaired) electrons. The summed E-state index contributed by atoms with van der Waals surface area (Å²) in [6, 6.07) is 7.09. The van der Waals surface area contributed by atoms with Crippen molar-refractivity contribution in [3.63, 3.8) is 0 Å². The van der Waals surface area contributed by atoms with Gasteiger partial charge in [-0.25, -0.2) is 5.01 Å². The molecule has 2 aromatic rings. The summed E-state index contributed by atoms with van der Waals surface area (Å²) in [5.74, 6) is 0.491. The standard InChI is InChI=1S/C17H18N2O3S/c1-3-17(21)19-14(12-6-7-23-10-12)9-13(18-19)11-4-5-15(20)16(8-11)22-2/h4-8,10,14,20H,3,9H2,1-2H3. The molecule has 1 aliphatic rings. The SMILES string of the molecule is CCC(=O)N1N=C(c2ccc(O)c(OC)c2)CC1c1ccsc1. The minimum atomic E-state index is -0.0662. The van der Waals surface area contributed by atoms with Crippen molar-refractivity contribution >= 4 is 23.0 Å². The molecule has 0 fully saturated rings. The van der Waals surface area contributed by atoms with E-state index < -0.39 is 0 Å². The highest BCUT2D eigenvalue weighted by Gasteiger charge is 2.32. The van der Waals surface area contributed by atoms with Crippen molar-refractivity contribution in [2.24, 2.45) is 5.10 Å². The molecule has 1 atom stereocenters. The van der Waals surface area contributed by atoms with E-state index >= 15 is 0 Å².